The van der Waals surface area contributed by atoms with E-state index < -0.39 is 16.2 Å². The lowest BCUT2D eigenvalue weighted by molar-refractivity contribution is 0.145. The van der Waals surface area contributed by atoms with E-state index in [-0.39, 0.29) is 17.9 Å². The minimum atomic E-state index is -3.40. The number of carbonyl (C=O) groups is 1. The van der Waals surface area contributed by atoms with Crippen LogP contribution in [-0.4, -0.2) is 50.0 Å². The van der Waals surface area contributed by atoms with Crippen molar-refractivity contribution >= 4 is 16.2 Å². The van der Waals surface area contributed by atoms with Crippen molar-refractivity contribution in [2.24, 2.45) is 11.8 Å². The van der Waals surface area contributed by atoms with E-state index in [9.17, 15) is 13.2 Å². The van der Waals surface area contributed by atoms with Crippen molar-refractivity contribution in [1.29, 1.82) is 0 Å². The van der Waals surface area contributed by atoms with Gasteiger partial charge in [0.25, 0.3) is 10.1 Å². The molecule has 0 radical (unpaired) electrons. The Morgan fingerprint density at radius 1 is 1.31 bits per heavy atom. The summed E-state index contributed by atoms with van der Waals surface area (Å²) >= 11 is 0. The molecule has 0 bridgehead atoms. The molecule has 1 aliphatic carbocycles. The molecule has 1 saturated carbocycles. The van der Waals surface area contributed by atoms with Crippen molar-refractivity contribution < 1.29 is 22.5 Å². The van der Waals surface area contributed by atoms with E-state index in [2.05, 4.69) is 0 Å². The quantitative estimate of drug-likeness (QED) is 0.714. The van der Waals surface area contributed by atoms with Crippen LogP contribution in [0, 0.1) is 11.8 Å². The van der Waals surface area contributed by atoms with Crippen LogP contribution in [0.2, 0.25) is 0 Å². The summed E-state index contributed by atoms with van der Waals surface area (Å²) in [5.41, 5.74) is 0. The first-order chi connectivity index (χ1) is 7.35. The summed E-state index contributed by atoms with van der Waals surface area (Å²) < 4.78 is 26.8. The van der Waals surface area contributed by atoms with Crippen molar-refractivity contribution in [3.05, 3.63) is 0 Å². The molecule has 7 heteroatoms. The summed E-state index contributed by atoms with van der Waals surface area (Å²) in [5, 5.41) is 8.82. The second kappa shape index (κ2) is 3.89. The average Bonchev–Trinajstić information content (AvgIpc) is 2.56. The van der Waals surface area contributed by atoms with Gasteiger partial charge < -0.3 is 10.0 Å². The van der Waals surface area contributed by atoms with Crippen LogP contribution in [-0.2, 0) is 14.3 Å². The zero-order valence-corrected chi connectivity index (χ0v) is 9.81. The van der Waals surface area contributed by atoms with E-state index in [0.29, 0.717) is 25.9 Å². The van der Waals surface area contributed by atoms with Gasteiger partial charge in [0.15, 0.2) is 0 Å². The molecule has 0 aromatic heterocycles. The van der Waals surface area contributed by atoms with Crippen molar-refractivity contribution in [2.45, 2.75) is 18.9 Å². The molecule has 92 valence electrons. The molecule has 2 unspecified atom stereocenters. The molecule has 3 atom stereocenters. The monoisotopic (exact) mass is 249 g/mol. The van der Waals surface area contributed by atoms with Crippen LogP contribution in [0.4, 0.5) is 4.79 Å². The number of rotatable bonds is 2. The minimum Gasteiger partial charge on any atom is -0.465 e. The van der Waals surface area contributed by atoms with Gasteiger partial charge in [0, 0.05) is 13.1 Å². The normalized spacial score (nSPS) is 34.1. The molecule has 1 heterocycles. The summed E-state index contributed by atoms with van der Waals surface area (Å²) in [6.07, 6.45) is 1.17. The summed E-state index contributed by atoms with van der Waals surface area (Å²) in [4.78, 5) is 12.1. The lowest BCUT2D eigenvalue weighted by Crippen LogP contribution is -2.29. The SMILES string of the molecule is CS(=O)(=O)OC1CC2CN(C(=O)O)C[C@@H]2C1. The molecule has 0 aromatic rings. The van der Waals surface area contributed by atoms with Gasteiger partial charge in [-0.15, -0.1) is 0 Å². The van der Waals surface area contributed by atoms with E-state index >= 15 is 0 Å². The topological polar surface area (TPSA) is 83.9 Å². The van der Waals surface area contributed by atoms with Crippen LogP contribution in [0.25, 0.3) is 0 Å². The Morgan fingerprint density at radius 2 is 1.81 bits per heavy atom. The molecule has 6 nitrogen and oxygen atoms in total. The smallest absolute Gasteiger partial charge is 0.407 e. The maximum atomic E-state index is 11.0. The van der Waals surface area contributed by atoms with Crippen LogP contribution in [0.1, 0.15) is 12.8 Å². The van der Waals surface area contributed by atoms with E-state index in [1.54, 1.807) is 0 Å². The third-order valence-corrected chi connectivity index (χ3v) is 3.91. The lowest BCUT2D eigenvalue weighted by Gasteiger charge is -2.15. The highest BCUT2D eigenvalue weighted by Crippen LogP contribution is 2.39. The standard InChI is InChI=1S/C9H15NO5S/c1-16(13,14)15-8-2-6-4-10(9(11)12)5-7(6)3-8/h6-8H,2-5H2,1H3,(H,11,12)/t6-,7?,8?/m0/s1. The number of hydrogen-bond donors (Lipinski definition) is 1. The highest BCUT2D eigenvalue weighted by atomic mass is 32.2. The third-order valence-electron chi connectivity index (χ3n) is 3.29. The zero-order chi connectivity index (χ0) is 11.9. The Balaban J connectivity index is 1.91. The van der Waals surface area contributed by atoms with Gasteiger partial charge in [-0.3, -0.25) is 4.18 Å². The maximum Gasteiger partial charge on any atom is 0.407 e. The van der Waals surface area contributed by atoms with Gasteiger partial charge in [-0.25, -0.2) is 4.79 Å². The van der Waals surface area contributed by atoms with Crippen LogP contribution < -0.4 is 0 Å². The number of likely N-dealkylation sites (tertiary alicyclic amines) is 1. The van der Waals surface area contributed by atoms with Crippen molar-refractivity contribution in [1.82, 2.24) is 4.90 Å². The van der Waals surface area contributed by atoms with Gasteiger partial charge in [-0.2, -0.15) is 8.42 Å². The molecule has 1 N–H and O–H groups in total. The number of amides is 1. The molecule has 16 heavy (non-hydrogen) atoms. The van der Waals surface area contributed by atoms with Gasteiger partial charge in [0.05, 0.1) is 12.4 Å². The maximum absolute atomic E-state index is 11.0. The van der Waals surface area contributed by atoms with E-state index in [1.165, 1.54) is 4.90 Å². The van der Waals surface area contributed by atoms with E-state index in [4.69, 9.17) is 9.29 Å². The van der Waals surface area contributed by atoms with Crippen LogP contribution in [0.15, 0.2) is 0 Å². The fourth-order valence-electron chi connectivity index (χ4n) is 2.73. The molecule has 1 saturated heterocycles. The third kappa shape index (κ3) is 2.46. The van der Waals surface area contributed by atoms with Gasteiger partial charge >= 0.3 is 6.09 Å². The lowest BCUT2D eigenvalue weighted by atomic mass is 10.0. The fraction of sp³-hybridized carbons (Fsp3) is 0.889. The summed E-state index contributed by atoms with van der Waals surface area (Å²) in [6.45, 7) is 1.01. The van der Waals surface area contributed by atoms with Gasteiger partial charge in [0.1, 0.15) is 0 Å². The molecular weight excluding hydrogens is 234 g/mol. The molecule has 0 aromatic carbocycles. The first-order valence-electron chi connectivity index (χ1n) is 5.21. The number of nitrogens with zero attached hydrogens (tertiary/aromatic N) is 1. The Morgan fingerprint density at radius 3 is 2.19 bits per heavy atom. The highest BCUT2D eigenvalue weighted by Gasteiger charge is 2.43. The molecule has 1 aliphatic heterocycles. The first-order valence-corrected chi connectivity index (χ1v) is 7.03. The van der Waals surface area contributed by atoms with Gasteiger partial charge in [0.2, 0.25) is 0 Å². The fourth-order valence-corrected chi connectivity index (χ4v) is 3.38. The predicted octanol–water partition coefficient (Wildman–Crippen LogP) is 0.351. The number of fused-ring (bicyclic) bond motifs is 1. The van der Waals surface area contributed by atoms with Crippen molar-refractivity contribution in [3.8, 4) is 0 Å². The first kappa shape index (κ1) is 11.7. The largest absolute Gasteiger partial charge is 0.465 e. The highest BCUT2D eigenvalue weighted by molar-refractivity contribution is 7.86. The summed E-state index contributed by atoms with van der Waals surface area (Å²) in [5.74, 6) is 0.505. The van der Waals surface area contributed by atoms with Crippen LogP contribution in [0.3, 0.4) is 0 Å². The molecule has 1 amide bonds. The minimum absolute atomic E-state index is 0.253. The second-order valence-electron chi connectivity index (χ2n) is 4.60. The predicted molar refractivity (Wildman–Crippen MR) is 55.5 cm³/mol. The summed E-state index contributed by atoms with van der Waals surface area (Å²) in [7, 11) is -3.40. The van der Waals surface area contributed by atoms with E-state index in [1.807, 2.05) is 0 Å². The number of hydrogen-bond acceptors (Lipinski definition) is 4. The molecule has 0 spiro atoms. The zero-order valence-electron chi connectivity index (χ0n) is 9.00. The van der Waals surface area contributed by atoms with Crippen molar-refractivity contribution in [3.63, 3.8) is 0 Å². The molecule has 2 aliphatic rings. The average molecular weight is 249 g/mol. The van der Waals surface area contributed by atoms with Crippen LogP contribution in [0.5, 0.6) is 0 Å². The second-order valence-corrected chi connectivity index (χ2v) is 6.20. The Hall–Kier alpha value is -0.820. The Bertz CT molecular complexity index is 379. The van der Waals surface area contributed by atoms with Crippen molar-refractivity contribution in [2.75, 3.05) is 19.3 Å². The van der Waals surface area contributed by atoms with Gasteiger partial charge in [-0.1, -0.05) is 0 Å². The Labute approximate surface area is 94.3 Å². The summed E-state index contributed by atoms with van der Waals surface area (Å²) in [6, 6.07) is 0. The van der Waals surface area contributed by atoms with E-state index in [0.717, 1.165) is 6.26 Å². The Kier molecular flexibility index (Phi) is 2.83. The molecular formula is C9H15NO5S. The van der Waals surface area contributed by atoms with Gasteiger partial charge in [-0.05, 0) is 24.7 Å². The van der Waals surface area contributed by atoms with Crippen LogP contribution >= 0.6 is 0 Å². The molecule has 2 fully saturated rings. The molecule has 2 rings (SSSR count). The number of carboxylic acid groups (broad SMARTS) is 1.